The van der Waals surface area contributed by atoms with Gasteiger partial charge in [0.25, 0.3) is 10.0 Å². The van der Waals surface area contributed by atoms with Gasteiger partial charge in [0.15, 0.2) is 11.3 Å². The monoisotopic (exact) mass is 690 g/mol. The van der Waals surface area contributed by atoms with E-state index in [-0.39, 0.29) is 50.5 Å². The standard InChI is InChI=1S/C33H50N6O8S/c1-22-19-26(45-8)23(2)24(3)28(22)48(43,44)38-30(34)36-16-12-15-33(35,29(41)47-32(4,5)6)27(40)20-39(7)18-17-37-31(42)46-21-25-13-10-9-11-14-25/h9-11,13-14,19H,12,15-18,20-21,35H2,1-8H3,(H,37,42)(H3,34,36,38)/t33-/m0/s1. The number of ether oxygens (including phenoxy) is 3. The van der Waals surface area contributed by atoms with Crippen LogP contribution in [0.15, 0.2) is 41.3 Å². The normalized spacial score (nSPS) is 12.9. The lowest BCUT2D eigenvalue weighted by Crippen LogP contribution is -2.60. The first-order valence-electron chi connectivity index (χ1n) is 15.5. The number of Topliss-reactive ketones (excluding diaryl/α,β-unsaturated/α-hetero) is 1. The van der Waals surface area contributed by atoms with Gasteiger partial charge in [-0.2, -0.15) is 0 Å². The largest absolute Gasteiger partial charge is 0.496 e. The van der Waals surface area contributed by atoms with Crippen LogP contribution in [0.2, 0.25) is 0 Å². The number of likely N-dealkylation sites (N-methyl/N-ethyl adjacent to an activating group) is 1. The van der Waals surface area contributed by atoms with Crippen LogP contribution >= 0.6 is 0 Å². The molecule has 15 heteroatoms. The van der Waals surface area contributed by atoms with Gasteiger partial charge in [0, 0.05) is 19.6 Å². The molecule has 0 aliphatic heterocycles. The van der Waals surface area contributed by atoms with E-state index >= 15 is 0 Å². The average Bonchev–Trinajstić information content (AvgIpc) is 2.99. The zero-order valence-electron chi connectivity index (χ0n) is 29.1. The molecule has 0 heterocycles. The lowest BCUT2D eigenvalue weighted by molar-refractivity contribution is -0.164. The fraction of sp³-hybridized carbons (Fsp3) is 0.515. The number of nitrogens with one attached hydrogen (secondary N) is 4. The summed E-state index contributed by atoms with van der Waals surface area (Å²) in [5.41, 5.74) is 5.98. The second-order valence-electron chi connectivity index (χ2n) is 12.6. The molecule has 0 radical (unpaired) electrons. The number of carbonyl (C=O) groups is 3. The number of benzene rings is 2. The van der Waals surface area contributed by atoms with Crippen molar-refractivity contribution in [3.63, 3.8) is 0 Å². The van der Waals surface area contributed by atoms with Crippen molar-refractivity contribution in [2.45, 2.75) is 77.0 Å². The van der Waals surface area contributed by atoms with Gasteiger partial charge in [0.1, 0.15) is 18.0 Å². The van der Waals surface area contributed by atoms with E-state index in [9.17, 15) is 22.8 Å². The number of sulfonamides is 1. The van der Waals surface area contributed by atoms with Crippen LogP contribution < -0.4 is 25.8 Å². The van der Waals surface area contributed by atoms with E-state index < -0.39 is 45.0 Å². The molecule has 2 aromatic carbocycles. The van der Waals surface area contributed by atoms with E-state index in [1.54, 1.807) is 59.6 Å². The Hall–Kier alpha value is -4.21. The summed E-state index contributed by atoms with van der Waals surface area (Å²) in [6.45, 7) is 10.4. The highest BCUT2D eigenvalue weighted by Crippen LogP contribution is 2.30. The Morgan fingerprint density at radius 2 is 1.65 bits per heavy atom. The van der Waals surface area contributed by atoms with Gasteiger partial charge < -0.3 is 30.6 Å². The molecule has 0 unspecified atom stereocenters. The van der Waals surface area contributed by atoms with Crippen molar-refractivity contribution in [3.8, 4) is 5.75 Å². The summed E-state index contributed by atoms with van der Waals surface area (Å²) >= 11 is 0. The van der Waals surface area contributed by atoms with Crippen molar-refractivity contribution in [1.82, 2.24) is 20.3 Å². The maximum Gasteiger partial charge on any atom is 0.407 e. The number of hydrogen-bond donors (Lipinski definition) is 5. The third kappa shape index (κ3) is 11.8. The fourth-order valence-corrected chi connectivity index (χ4v) is 6.24. The van der Waals surface area contributed by atoms with Crippen LogP contribution in [-0.4, -0.2) is 88.6 Å². The first-order valence-corrected chi connectivity index (χ1v) is 17.0. The molecular weight excluding hydrogens is 640 g/mol. The minimum absolute atomic E-state index is 0.0286. The minimum atomic E-state index is -4.11. The van der Waals surface area contributed by atoms with Gasteiger partial charge in [-0.3, -0.25) is 15.1 Å². The summed E-state index contributed by atoms with van der Waals surface area (Å²) in [6, 6.07) is 10.8. The van der Waals surface area contributed by atoms with E-state index in [0.717, 1.165) is 5.56 Å². The molecule has 0 saturated heterocycles. The molecule has 0 aromatic heterocycles. The van der Waals surface area contributed by atoms with Gasteiger partial charge in [-0.25, -0.2) is 22.7 Å². The van der Waals surface area contributed by atoms with Crippen molar-refractivity contribution < 1.29 is 37.0 Å². The van der Waals surface area contributed by atoms with Crippen LogP contribution in [0.5, 0.6) is 5.75 Å². The number of alkyl carbamates (subject to hydrolysis) is 1. The molecule has 1 atom stereocenters. The van der Waals surface area contributed by atoms with E-state index in [0.29, 0.717) is 22.4 Å². The lowest BCUT2D eigenvalue weighted by Gasteiger charge is -2.31. The first-order chi connectivity index (χ1) is 22.3. The Balaban J connectivity index is 1.96. The molecule has 1 amide bonds. The topological polar surface area (TPSA) is 202 Å². The van der Waals surface area contributed by atoms with Gasteiger partial charge in [-0.15, -0.1) is 0 Å². The van der Waals surface area contributed by atoms with Gasteiger partial charge in [0.05, 0.1) is 18.6 Å². The maximum absolute atomic E-state index is 13.4. The first kappa shape index (κ1) is 40.0. The number of nitrogens with zero attached hydrogens (tertiary/aromatic N) is 1. The van der Waals surface area contributed by atoms with Crippen LogP contribution in [0, 0.1) is 26.2 Å². The van der Waals surface area contributed by atoms with Crippen LogP contribution in [0.3, 0.4) is 0 Å². The highest BCUT2D eigenvalue weighted by Gasteiger charge is 2.44. The predicted molar refractivity (Wildman–Crippen MR) is 182 cm³/mol. The van der Waals surface area contributed by atoms with Gasteiger partial charge in [-0.1, -0.05) is 30.3 Å². The summed E-state index contributed by atoms with van der Waals surface area (Å²) in [5.74, 6) is -1.41. The molecule has 266 valence electrons. The zero-order valence-corrected chi connectivity index (χ0v) is 29.9. The number of carbonyl (C=O) groups excluding carboxylic acids is 3. The van der Waals surface area contributed by atoms with E-state index in [2.05, 4.69) is 15.4 Å². The molecule has 2 aromatic rings. The van der Waals surface area contributed by atoms with E-state index in [1.807, 2.05) is 30.3 Å². The van der Waals surface area contributed by atoms with Crippen LogP contribution in [0.1, 0.15) is 55.9 Å². The summed E-state index contributed by atoms with van der Waals surface area (Å²) in [6.07, 6.45) is -0.615. The molecule has 6 N–H and O–H groups in total. The Kier molecular flexibility index (Phi) is 14.4. The SMILES string of the molecule is COc1cc(C)c(S(=O)(=O)NC(=N)NCCC[C@](N)(C(=O)CN(C)CCNC(=O)OCc2ccccc2)C(=O)OC(C)(C)C)c(C)c1C. The smallest absolute Gasteiger partial charge is 0.407 e. The molecule has 0 bridgehead atoms. The number of esters is 1. The Morgan fingerprint density at radius 3 is 2.25 bits per heavy atom. The Labute approximate surface area is 283 Å². The highest BCUT2D eigenvalue weighted by molar-refractivity contribution is 7.90. The third-order valence-electron chi connectivity index (χ3n) is 7.40. The second-order valence-corrected chi connectivity index (χ2v) is 14.2. The van der Waals surface area contributed by atoms with Gasteiger partial charge in [-0.05, 0) is 89.8 Å². The van der Waals surface area contributed by atoms with Crippen molar-refractivity contribution in [3.05, 3.63) is 58.7 Å². The van der Waals surface area contributed by atoms with E-state index in [1.165, 1.54) is 7.11 Å². The lowest BCUT2D eigenvalue weighted by atomic mass is 9.88. The molecule has 0 spiro atoms. The molecular formula is C33H50N6O8S. The molecule has 48 heavy (non-hydrogen) atoms. The number of amides is 1. The van der Waals surface area contributed by atoms with Crippen LogP contribution in [0.4, 0.5) is 4.79 Å². The summed E-state index contributed by atoms with van der Waals surface area (Å²) in [7, 11) is -0.959. The van der Waals surface area contributed by atoms with Crippen LogP contribution in [0.25, 0.3) is 0 Å². The van der Waals surface area contributed by atoms with Gasteiger partial charge >= 0.3 is 12.1 Å². The van der Waals surface area contributed by atoms with Crippen molar-refractivity contribution in [2.24, 2.45) is 5.73 Å². The summed E-state index contributed by atoms with van der Waals surface area (Å²) in [5, 5.41) is 13.5. The molecule has 0 fully saturated rings. The molecule has 0 aliphatic rings. The minimum Gasteiger partial charge on any atom is -0.496 e. The number of methoxy groups -OCH3 is 1. The number of hydrogen-bond acceptors (Lipinski definition) is 11. The summed E-state index contributed by atoms with van der Waals surface area (Å²) in [4.78, 5) is 40.3. The second kappa shape index (κ2) is 17.3. The summed E-state index contributed by atoms with van der Waals surface area (Å²) < 4.78 is 44.5. The average molecular weight is 691 g/mol. The molecule has 14 nitrogen and oxygen atoms in total. The highest BCUT2D eigenvalue weighted by atomic mass is 32.2. The Bertz CT molecular complexity index is 1560. The van der Waals surface area contributed by atoms with Crippen molar-refractivity contribution in [1.29, 1.82) is 5.41 Å². The fourth-order valence-electron chi connectivity index (χ4n) is 4.76. The van der Waals surface area contributed by atoms with Crippen LogP contribution in [-0.2, 0) is 35.7 Å². The number of ketones is 1. The predicted octanol–water partition coefficient (Wildman–Crippen LogP) is 2.67. The number of guanidine groups is 1. The van der Waals surface area contributed by atoms with Gasteiger partial charge in [0.2, 0.25) is 5.96 Å². The molecule has 2 rings (SSSR count). The zero-order chi connectivity index (χ0) is 36.3. The maximum atomic E-state index is 13.4. The third-order valence-corrected chi connectivity index (χ3v) is 9.04. The van der Waals surface area contributed by atoms with E-state index in [4.69, 9.17) is 25.4 Å². The number of aryl methyl sites for hydroxylation is 1. The van der Waals surface area contributed by atoms with Crippen molar-refractivity contribution >= 4 is 33.8 Å². The molecule has 0 aliphatic carbocycles. The quantitative estimate of drug-likeness (QED) is 0.0570. The number of rotatable bonds is 16. The Morgan fingerprint density at radius 1 is 1.00 bits per heavy atom. The number of nitrogens with two attached hydrogens (primary N) is 1. The van der Waals surface area contributed by atoms with Crippen molar-refractivity contribution in [2.75, 3.05) is 40.3 Å². The molecule has 0 saturated carbocycles.